The largest absolute Gasteiger partial charge is 0.481 e. The summed E-state index contributed by atoms with van der Waals surface area (Å²) in [7, 11) is 0. The normalized spacial score (nSPS) is 15.9. The highest BCUT2D eigenvalue weighted by Gasteiger charge is 2.32. The van der Waals surface area contributed by atoms with E-state index in [1.54, 1.807) is 4.90 Å². The van der Waals surface area contributed by atoms with Gasteiger partial charge in [0.1, 0.15) is 0 Å². The van der Waals surface area contributed by atoms with Crippen molar-refractivity contribution in [2.45, 2.75) is 64.3 Å². The third-order valence-electron chi connectivity index (χ3n) is 7.34. The minimum atomic E-state index is -0.860. The zero-order valence-electron chi connectivity index (χ0n) is 22.2. The molecule has 1 aromatic heterocycles. The quantitative estimate of drug-likeness (QED) is 0.325. The molecule has 1 saturated heterocycles. The van der Waals surface area contributed by atoms with Crippen molar-refractivity contribution in [2.24, 2.45) is 11.7 Å². The summed E-state index contributed by atoms with van der Waals surface area (Å²) >= 11 is 0. The van der Waals surface area contributed by atoms with Gasteiger partial charge in [0.15, 0.2) is 5.82 Å². The van der Waals surface area contributed by atoms with Crippen LogP contribution in [0.25, 0.3) is 22.5 Å². The van der Waals surface area contributed by atoms with E-state index in [9.17, 15) is 9.59 Å². The number of benzene rings is 2. The SMILES string of the molecule is CCCCCCCc1ccc(-c2cnc(-c3ccc(CC(N)C(=O)N4CCC(C(=O)O)C4)cc3)nc2)cc1. The molecule has 4 rings (SSSR count). The number of likely N-dealkylation sites (tertiary alicyclic amines) is 1. The molecule has 1 aliphatic heterocycles. The van der Waals surface area contributed by atoms with Gasteiger partial charge >= 0.3 is 5.97 Å². The minimum Gasteiger partial charge on any atom is -0.481 e. The lowest BCUT2D eigenvalue weighted by Gasteiger charge is -2.20. The Morgan fingerprint density at radius 2 is 1.55 bits per heavy atom. The van der Waals surface area contributed by atoms with E-state index in [0.717, 1.165) is 28.7 Å². The van der Waals surface area contributed by atoms with Gasteiger partial charge in [-0.3, -0.25) is 9.59 Å². The predicted molar refractivity (Wildman–Crippen MR) is 149 cm³/mol. The molecule has 2 heterocycles. The van der Waals surface area contributed by atoms with E-state index in [1.807, 2.05) is 36.7 Å². The van der Waals surface area contributed by atoms with E-state index in [0.29, 0.717) is 25.2 Å². The van der Waals surface area contributed by atoms with Crippen molar-refractivity contribution in [1.82, 2.24) is 14.9 Å². The first kappa shape index (κ1) is 27.5. The summed E-state index contributed by atoms with van der Waals surface area (Å²) in [6, 6.07) is 15.7. The Hall–Kier alpha value is -3.58. The first-order valence-electron chi connectivity index (χ1n) is 13.7. The Bertz CT molecular complexity index is 1190. The molecule has 2 unspecified atom stereocenters. The molecule has 0 radical (unpaired) electrons. The summed E-state index contributed by atoms with van der Waals surface area (Å²) in [5.74, 6) is -0.916. The van der Waals surface area contributed by atoms with Crippen LogP contribution in [0, 0.1) is 5.92 Å². The van der Waals surface area contributed by atoms with Crippen LogP contribution in [0.2, 0.25) is 0 Å². The van der Waals surface area contributed by atoms with Crippen LogP contribution in [0.5, 0.6) is 0 Å². The third kappa shape index (κ3) is 7.25. The fraction of sp³-hybridized carbons (Fsp3) is 0.419. The fourth-order valence-corrected chi connectivity index (χ4v) is 4.95. The molecule has 7 nitrogen and oxygen atoms in total. The van der Waals surface area contributed by atoms with Crippen LogP contribution in [0.3, 0.4) is 0 Å². The number of carbonyl (C=O) groups excluding carboxylic acids is 1. The molecule has 0 spiro atoms. The zero-order chi connectivity index (χ0) is 26.9. The Labute approximate surface area is 225 Å². The van der Waals surface area contributed by atoms with Gasteiger partial charge in [-0.15, -0.1) is 0 Å². The lowest BCUT2D eigenvalue weighted by molar-refractivity contribution is -0.141. The molecule has 0 saturated carbocycles. The molecule has 2 aromatic carbocycles. The Morgan fingerprint density at radius 3 is 2.18 bits per heavy atom. The van der Waals surface area contributed by atoms with Gasteiger partial charge in [0.2, 0.25) is 5.91 Å². The molecule has 7 heteroatoms. The standard InChI is InChI=1S/C31H38N4O3/c1-2-3-4-5-6-7-22-8-12-24(13-9-22)27-19-33-29(34-20-27)25-14-10-23(11-15-25)18-28(32)30(36)35-17-16-26(21-35)31(37)38/h8-15,19-20,26,28H,2-7,16-18,21,32H2,1H3,(H,37,38). The van der Waals surface area contributed by atoms with Crippen LogP contribution in [0.4, 0.5) is 0 Å². The van der Waals surface area contributed by atoms with Crippen LogP contribution in [0.1, 0.15) is 56.6 Å². The van der Waals surface area contributed by atoms with Crippen LogP contribution < -0.4 is 5.73 Å². The number of unbranched alkanes of at least 4 members (excludes halogenated alkanes) is 4. The predicted octanol–water partition coefficient (Wildman–Crippen LogP) is 5.13. The number of carbonyl (C=O) groups is 2. The summed E-state index contributed by atoms with van der Waals surface area (Å²) < 4.78 is 0. The molecule has 0 bridgehead atoms. The first-order chi connectivity index (χ1) is 18.4. The summed E-state index contributed by atoms with van der Waals surface area (Å²) in [4.78, 5) is 34.5. The Kier molecular flexibility index (Phi) is 9.60. The Balaban J connectivity index is 1.30. The highest BCUT2D eigenvalue weighted by molar-refractivity contribution is 5.83. The summed E-state index contributed by atoms with van der Waals surface area (Å²) in [5, 5.41) is 9.16. The summed E-state index contributed by atoms with van der Waals surface area (Å²) in [6.07, 6.45) is 12.2. The van der Waals surface area contributed by atoms with E-state index in [4.69, 9.17) is 10.8 Å². The van der Waals surface area contributed by atoms with Crippen molar-refractivity contribution in [1.29, 1.82) is 0 Å². The van der Waals surface area contributed by atoms with Crippen molar-refractivity contribution < 1.29 is 14.7 Å². The summed E-state index contributed by atoms with van der Waals surface area (Å²) in [5.41, 5.74) is 11.4. The molecular formula is C31H38N4O3. The fourth-order valence-electron chi connectivity index (χ4n) is 4.95. The molecule has 200 valence electrons. The van der Waals surface area contributed by atoms with Crippen molar-refractivity contribution in [3.8, 4) is 22.5 Å². The maximum atomic E-state index is 12.6. The van der Waals surface area contributed by atoms with Gasteiger partial charge in [0, 0.05) is 36.6 Å². The maximum Gasteiger partial charge on any atom is 0.308 e. The monoisotopic (exact) mass is 514 g/mol. The number of rotatable bonds is 12. The molecule has 3 N–H and O–H groups in total. The van der Waals surface area contributed by atoms with Crippen LogP contribution in [-0.4, -0.2) is 51.0 Å². The lowest BCUT2D eigenvalue weighted by Crippen LogP contribution is -2.44. The van der Waals surface area contributed by atoms with Gasteiger partial charge < -0.3 is 15.7 Å². The third-order valence-corrected chi connectivity index (χ3v) is 7.34. The number of carboxylic acids is 1. The second-order valence-corrected chi connectivity index (χ2v) is 10.3. The number of nitrogens with zero attached hydrogens (tertiary/aromatic N) is 3. The molecule has 3 aromatic rings. The smallest absolute Gasteiger partial charge is 0.308 e. The van der Waals surface area contributed by atoms with Crippen LogP contribution in [-0.2, 0) is 22.4 Å². The Morgan fingerprint density at radius 1 is 0.921 bits per heavy atom. The van der Waals surface area contributed by atoms with E-state index in [1.165, 1.54) is 37.7 Å². The highest BCUT2D eigenvalue weighted by atomic mass is 16.4. The molecule has 1 aliphatic rings. The number of aromatic nitrogens is 2. The number of hydrogen-bond acceptors (Lipinski definition) is 5. The number of nitrogens with two attached hydrogens (primary N) is 1. The van der Waals surface area contributed by atoms with Crippen LogP contribution >= 0.6 is 0 Å². The van der Waals surface area contributed by atoms with Crippen molar-refractivity contribution in [3.63, 3.8) is 0 Å². The number of aryl methyl sites for hydroxylation is 1. The second kappa shape index (κ2) is 13.3. The molecule has 0 aliphatic carbocycles. The molecule has 2 atom stereocenters. The lowest BCUT2D eigenvalue weighted by atomic mass is 10.0. The highest BCUT2D eigenvalue weighted by Crippen LogP contribution is 2.23. The van der Waals surface area contributed by atoms with Gasteiger partial charge in [-0.05, 0) is 42.4 Å². The average molecular weight is 515 g/mol. The topological polar surface area (TPSA) is 109 Å². The van der Waals surface area contributed by atoms with Gasteiger partial charge in [-0.1, -0.05) is 81.1 Å². The first-order valence-corrected chi connectivity index (χ1v) is 13.7. The van der Waals surface area contributed by atoms with Crippen molar-refractivity contribution in [2.75, 3.05) is 13.1 Å². The van der Waals surface area contributed by atoms with Gasteiger partial charge in [-0.2, -0.15) is 0 Å². The molecular weight excluding hydrogens is 476 g/mol. The van der Waals surface area contributed by atoms with E-state index < -0.39 is 17.9 Å². The summed E-state index contributed by atoms with van der Waals surface area (Å²) in [6.45, 7) is 2.92. The van der Waals surface area contributed by atoms with Crippen LogP contribution in [0.15, 0.2) is 60.9 Å². The van der Waals surface area contributed by atoms with Crippen molar-refractivity contribution >= 4 is 11.9 Å². The number of hydrogen-bond donors (Lipinski definition) is 2. The minimum absolute atomic E-state index is 0.197. The van der Waals surface area contributed by atoms with Gasteiger partial charge in [-0.25, -0.2) is 9.97 Å². The molecule has 1 fully saturated rings. The number of amides is 1. The average Bonchev–Trinajstić information content (AvgIpc) is 3.44. The number of aliphatic carboxylic acids is 1. The van der Waals surface area contributed by atoms with E-state index >= 15 is 0 Å². The maximum absolute atomic E-state index is 12.6. The number of carboxylic acid groups (broad SMARTS) is 1. The zero-order valence-corrected chi connectivity index (χ0v) is 22.2. The molecule has 38 heavy (non-hydrogen) atoms. The van der Waals surface area contributed by atoms with Crippen molar-refractivity contribution in [3.05, 3.63) is 72.1 Å². The van der Waals surface area contributed by atoms with Gasteiger partial charge in [0.25, 0.3) is 0 Å². The second-order valence-electron chi connectivity index (χ2n) is 10.3. The van der Waals surface area contributed by atoms with Gasteiger partial charge in [0.05, 0.1) is 12.0 Å². The molecule has 1 amide bonds. The van der Waals surface area contributed by atoms with E-state index in [-0.39, 0.29) is 12.5 Å². The van der Waals surface area contributed by atoms with E-state index in [2.05, 4.69) is 41.2 Å².